The van der Waals surface area contributed by atoms with Crippen LogP contribution in [0.25, 0.3) is 0 Å². The van der Waals surface area contributed by atoms with Gasteiger partial charge in [-0.15, -0.1) is 0 Å². The summed E-state index contributed by atoms with van der Waals surface area (Å²) in [7, 11) is 0. The van der Waals surface area contributed by atoms with E-state index in [1.165, 1.54) is 12.1 Å². The maximum Gasteiger partial charge on any atom is 0.270 e. The van der Waals surface area contributed by atoms with E-state index >= 15 is 0 Å². The molecular formula is C19H22ClN3O5. The number of benzene rings is 1. The molecule has 0 aliphatic rings. The van der Waals surface area contributed by atoms with Crippen LogP contribution in [0.5, 0.6) is 0 Å². The minimum absolute atomic E-state index is 0.0559. The first-order chi connectivity index (χ1) is 13.1. The van der Waals surface area contributed by atoms with Crippen LogP contribution in [0, 0.1) is 23.0 Å². The quantitative estimate of drug-likeness (QED) is 0.535. The fourth-order valence-electron chi connectivity index (χ4n) is 2.62. The number of carbonyl (C=O) groups is 2. The fourth-order valence-corrected chi connectivity index (χ4v) is 2.88. The smallest absolute Gasteiger partial charge is 0.270 e. The van der Waals surface area contributed by atoms with E-state index in [1.54, 1.807) is 32.9 Å². The Morgan fingerprint density at radius 1 is 1.14 bits per heavy atom. The van der Waals surface area contributed by atoms with Crippen LogP contribution in [0.4, 0.5) is 5.69 Å². The molecule has 1 aromatic carbocycles. The fraction of sp³-hybridized carbons (Fsp3) is 0.368. The lowest BCUT2D eigenvalue weighted by atomic mass is 10.0. The Morgan fingerprint density at radius 3 is 2.32 bits per heavy atom. The first-order valence-electron chi connectivity index (χ1n) is 8.71. The number of nitrogens with zero attached hydrogens (tertiary/aromatic N) is 1. The summed E-state index contributed by atoms with van der Waals surface area (Å²) in [5.74, 6) is 0.181. The number of halogens is 1. The normalized spacial score (nSPS) is 13.1. The van der Waals surface area contributed by atoms with Crippen LogP contribution in [0.15, 0.2) is 34.7 Å². The van der Waals surface area contributed by atoms with Crippen LogP contribution < -0.4 is 10.6 Å². The van der Waals surface area contributed by atoms with Gasteiger partial charge in [-0.25, -0.2) is 0 Å². The molecule has 150 valence electrons. The zero-order valence-electron chi connectivity index (χ0n) is 16.0. The van der Waals surface area contributed by atoms with Gasteiger partial charge in [0.05, 0.1) is 21.6 Å². The van der Waals surface area contributed by atoms with E-state index in [9.17, 15) is 19.7 Å². The molecule has 2 amide bonds. The molecule has 0 bridgehead atoms. The zero-order chi connectivity index (χ0) is 21.0. The molecule has 2 unspecified atom stereocenters. The first-order valence-corrected chi connectivity index (χ1v) is 9.09. The highest BCUT2D eigenvalue weighted by atomic mass is 35.5. The lowest BCUT2D eigenvalue weighted by molar-refractivity contribution is -0.384. The van der Waals surface area contributed by atoms with E-state index in [0.717, 1.165) is 11.8 Å². The van der Waals surface area contributed by atoms with Gasteiger partial charge in [0.15, 0.2) is 0 Å². The Hall–Kier alpha value is -2.87. The van der Waals surface area contributed by atoms with E-state index in [0.29, 0.717) is 5.76 Å². The van der Waals surface area contributed by atoms with Gasteiger partial charge in [-0.3, -0.25) is 19.7 Å². The number of non-ortho nitro benzene ring substituents is 1. The van der Waals surface area contributed by atoms with Gasteiger partial charge in [0.2, 0.25) is 5.91 Å². The molecule has 28 heavy (non-hydrogen) atoms. The third-order valence-electron chi connectivity index (χ3n) is 4.19. The summed E-state index contributed by atoms with van der Waals surface area (Å²) in [6.07, 6.45) is 0. The van der Waals surface area contributed by atoms with Crippen molar-refractivity contribution in [3.05, 3.63) is 62.6 Å². The van der Waals surface area contributed by atoms with Crippen LogP contribution in [0.2, 0.25) is 5.02 Å². The van der Waals surface area contributed by atoms with Gasteiger partial charge in [0.1, 0.15) is 17.6 Å². The van der Waals surface area contributed by atoms with Crippen LogP contribution in [0.3, 0.4) is 0 Å². The van der Waals surface area contributed by atoms with Crippen molar-refractivity contribution in [3.8, 4) is 0 Å². The molecule has 0 aliphatic heterocycles. The van der Waals surface area contributed by atoms with Crippen LogP contribution >= 0.6 is 11.6 Å². The number of rotatable bonds is 7. The Bertz CT molecular complexity index is 893. The van der Waals surface area contributed by atoms with Gasteiger partial charge < -0.3 is 15.1 Å². The molecule has 2 aromatic rings. The third-order valence-corrected chi connectivity index (χ3v) is 4.50. The van der Waals surface area contributed by atoms with Gasteiger partial charge in [0, 0.05) is 12.1 Å². The summed E-state index contributed by atoms with van der Waals surface area (Å²) < 4.78 is 5.51. The van der Waals surface area contributed by atoms with Crippen LogP contribution in [0.1, 0.15) is 48.7 Å². The second-order valence-electron chi connectivity index (χ2n) is 6.80. The predicted molar refractivity (Wildman–Crippen MR) is 104 cm³/mol. The summed E-state index contributed by atoms with van der Waals surface area (Å²) in [5.41, 5.74) is -0.164. The van der Waals surface area contributed by atoms with Gasteiger partial charge >= 0.3 is 0 Å². The Morgan fingerprint density at radius 2 is 1.82 bits per heavy atom. The molecular weight excluding hydrogens is 386 g/mol. The number of carbonyl (C=O) groups excluding carboxylic acids is 2. The molecule has 1 heterocycles. The maximum atomic E-state index is 12.7. The van der Waals surface area contributed by atoms with E-state index in [2.05, 4.69) is 10.6 Å². The van der Waals surface area contributed by atoms with Gasteiger partial charge in [0.25, 0.3) is 11.6 Å². The lowest BCUT2D eigenvalue weighted by Crippen LogP contribution is -2.50. The lowest BCUT2D eigenvalue weighted by Gasteiger charge is -2.23. The topological polar surface area (TPSA) is 114 Å². The second-order valence-corrected chi connectivity index (χ2v) is 7.20. The number of furan rings is 1. The number of nitro benzene ring substituents is 1. The third kappa shape index (κ3) is 5.10. The summed E-state index contributed by atoms with van der Waals surface area (Å²) >= 11 is 6.00. The monoisotopic (exact) mass is 407 g/mol. The number of hydrogen-bond donors (Lipinski definition) is 2. The zero-order valence-corrected chi connectivity index (χ0v) is 16.7. The predicted octanol–water partition coefficient (Wildman–Crippen LogP) is 3.78. The van der Waals surface area contributed by atoms with Crippen molar-refractivity contribution in [2.75, 3.05) is 0 Å². The highest BCUT2D eigenvalue weighted by Crippen LogP contribution is 2.23. The molecule has 2 atom stereocenters. The maximum absolute atomic E-state index is 12.7. The number of nitro groups is 1. The molecule has 0 aliphatic carbocycles. The molecule has 0 spiro atoms. The van der Waals surface area contributed by atoms with Crippen molar-refractivity contribution in [1.82, 2.24) is 10.6 Å². The van der Waals surface area contributed by atoms with Crippen molar-refractivity contribution in [1.29, 1.82) is 0 Å². The average molecular weight is 408 g/mol. The van der Waals surface area contributed by atoms with Crippen LogP contribution in [-0.4, -0.2) is 22.8 Å². The molecule has 0 fully saturated rings. The Kier molecular flexibility index (Phi) is 6.80. The van der Waals surface area contributed by atoms with E-state index in [-0.39, 0.29) is 34.1 Å². The highest BCUT2D eigenvalue weighted by molar-refractivity contribution is 6.34. The number of hydrogen-bond acceptors (Lipinski definition) is 5. The number of amides is 2. The van der Waals surface area contributed by atoms with Crippen LogP contribution in [-0.2, 0) is 4.79 Å². The van der Waals surface area contributed by atoms with Crippen molar-refractivity contribution in [3.63, 3.8) is 0 Å². The Balaban J connectivity index is 2.12. The van der Waals surface area contributed by atoms with E-state index in [4.69, 9.17) is 16.0 Å². The van der Waals surface area contributed by atoms with Crippen molar-refractivity contribution in [2.24, 2.45) is 5.92 Å². The summed E-state index contributed by atoms with van der Waals surface area (Å²) in [6.45, 7) is 7.18. The molecule has 0 saturated carbocycles. The number of aryl methyl sites for hydroxylation is 1. The van der Waals surface area contributed by atoms with E-state index in [1.807, 2.05) is 6.92 Å². The van der Waals surface area contributed by atoms with Crippen molar-refractivity contribution in [2.45, 2.75) is 39.8 Å². The molecule has 8 nitrogen and oxygen atoms in total. The van der Waals surface area contributed by atoms with Gasteiger partial charge in [-0.1, -0.05) is 25.4 Å². The average Bonchev–Trinajstić information content (AvgIpc) is 3.05. The van der Waals surface area contributed by atoms with Gasteiger partial charge in [-0.05, 0) is 38.0 Å². The molecule has 2 N–H and O–H groups in total. The summed E-state index contributed by atoms with van der Waals surface area (Å²) in [5, 5.41) is 16.2. The number of nitrogens with one attached hydrogen (secondary N) is 2. The molecule has 2 rings (SSSR count). The summed E-state index contributed by atoms with van der Waals surface area (Å²) in [6, 6.07) is 5.93. The molecule has 1 aromatic heterocycles. The minimum atomic E-state index is -0.822. The molecule has 0 saturated heterocycles. The SMILES string of the molecule is Cc1ccc(C(C)NC(=O)C(NC(=O)c2ccc([N+](=O)[O-])cc2Cl)C(C)C)o1. The van der Waals surface area contributed by atoms with E-state index < -0.39 is 16.9 Å². The molecule has 9 heteroatoms. The highest BCUT2D eigenvalue weighted by Gasteiger charge is 2.27. The van der Waals surface area contributed by atoms with Crippen molar-refractivity contribution < 1.29 is 18.9 Å². The summed E-state index contributed by atoms with van der Waals surface area (Å²) in [4.78, 5) is 35.4. The largest absolute Gasteiger partial charge is 0.464 e. The minimum Gasteiger partial charge on any atom is -0.464 e. The Labute approximate surface area is 167 Å². The van der Waals surface area contributed by atoms with Crippen molar-refractivity contribution >= 4 is 29.1 Å². The van der Waals surface area contributed by atoms with Gasteiger partial charge in [-0.2, -0.15) is 0 Å². The standard InChI is InChI=1S/C19H22ClN3O5/c1-10(2)17(19(25)21-12(4)16-8-5-11(3)28-16)22-18(24)14-7-6-13(23(26)27)9-15(14)20/h5-10,12,17H,1-4H3,(H,21,25)(H,22,24). The first kappa shape index (κ1) is 21.4. The second kappa shape index (κ2) is 8.88. The molecule has 0 radical (unpaired) electrons.